The maximum atomic E-state index is 10.4. The SMILES string of the molecule is OC1(c2ccccn2)CCN(P)CC1. The average Bonchev–Trinajstić information content (AvgIpc) is 2.24. The number of piperidine rings is 1. The third-order valence-electron chi connectivity index (χ3n) is 2.77. The maximum absolute atomic E-state index is 10.4. The van der Waals surface area contributed by atoms with E-state index in [-0.39, 0.29) is 0 Å². The van der Waals surface area contributed by atoms with Gasteiger partial charge in [-0.3, -0.25) is 9.65 Å². The van der Waals surface area contributed by atoms with Crippen molar-refractivity contribution in [3.63, 3.8) is 0 Å². The first kappa shape index (κ1) is 10.0. The fourth-order valence-electron chi connectivity index (χ4n) is 1.79. The highest BCUT2D eigenvalue weighted by Crippen LogP contribution is 2.32. The first-order valence-corrected chi connectivity index (χ1v) is 5.36. The Morgan fingerprint density at radius 3 is 2.64 bits per heavy atom. The molecule has 4 heteroatoms. The standard InChI is InChI=1S/C10H15N2OP/c13-10(4-7-12(14)8-5-10)9-3-1-2-6-11-9/h1-3,6,13H,4-5,7-8,14H2. The molecule has 0 saturated carbocycles. The Labute approximate surface area is 86.4 Å². The molecule has 1 aromatic heterocycles. The molecule has 1 N–H and O–H groups in total. The van der Waals surface area contributed by atoms with Gasteiger partial charge in [-0.05, 0) is 25.0 Å². The summed E-state index contributed by atoms with van der Waals surface area (Å²) in [5, 5.41) is 10.4. The van der Waals surface area contributed by atoms with Crippen LogP contribution in [0.4, 0.5) is 0 Å². The predicted octanol–water partition coefficient (Wildman–Crippen LogP) is 1.16. The Bertz CT molecular complexity index is 296. The smallest absolute Gasteiger partial charge is 0.109 e. The Balaban J connectivity index is 2.17. The molecule has 0 spiro atoms. The van der Waals surface area contributed by atoms with Crippen molar-refractivity contribution in [1.82, 2.24) is 9.65 Å². The molecule has 2 heterocycles. The summed E-state index contributed by atoms with van der Waals surface area (Å²) in [6, 6.07) is 5.70. The van der Waals surface area contributed by atoms with Crippen molar-refractivity contribution < 1.29 is 5.11 Å². The number of nitrogens with zero attached hydrogens (tertiary/aromatic N) is 2. The van der Waals surface area contributed by atoms with Crippen molar-refractivity contribution in [1.29, 1.82) is 0 Å². The van der Waals surface area contributed by atoms with Gasteiger partial charge in [-0.25, -0.2) is 0 Å². The third kappa shape index (κ3) is 1.95. The molecular weight excluding hydrogens is 195 g/mol. The van der Waals surface area contributed by atoms with E-state index in [1.165, 1.54) is 0 Å². The molecule has 1 fully saturated rings. The number of aromatic nitrogens is 1. The van der Waals surface area contributed by atoms with Gasteiger partial charge in [-0.15, -0.1) is 0 Å². The van der Waals surface area contributed by atoms with E-state index in [2.05, 4.69) is 19.0 Å². The van der Waals surface area contributed by atoms with E-state index in [9.17, 15) is 5.11 Å². The summed E-state index contributed by atoms with van der Waals surface area (Å²) < 4.78 is 2.15. The molecule has 0 aliphatic carbocycles. The fraction of sp³-hybridized carbons (Fsp3) is 0.500. The Morgan fingerprint density at radius 2 is 2.07 bits per heavy atom. The Morgan fingerprint density at radius 1 is 1.36 bits per heavy atom. The van der Waals surface area contributed by atoms with E-state index in [4.69, 9.17) is 0 Å². The molecule has 1 atom stereocenters. The van der Waals surface area contributed by atoms with Crippen LogP contribution in [0, 0.1) is 0 Å². The van der Waals surface area contributed by atoms with Gasteiger partial charge in [0.1, 0.15) is 5.60 Å². The molecule has 1 unspecified atom stereocenters. The van der Waals surface area contributed by atoms with Gasteiger partial charge in [0.2, 0.25) is 0 Å². The topological polar surface area (TPSA) is 36.4 Å². The van der Waals surface area contributed by atoms with Crippen molar-refractivity contribution in [2.45, 2.75) is 18.4 Å². The van der Waals surface area contributed by atoms with Crippen LogP contribution in [0.2, 0.25) is 0 Å². The molecule has 0 bridgehead atoms. The lowest BCUT2D eigenvalue weighted by Crippen LogP contribution is -2.39. The van der Waals surface area contributed by atoms with Gasteiger partial charge in [-0.2, -0.15) is 0 Å². The second-order valence-electron chi connectivity index (χ2n) is 3.78. The fourth-order valence-corrected chi connectivity index (χ4v) is 2.05. The molecule has 2 rings (SSSR count). The zero-order valence-electron chi connectivity index (χ0n) is 8.06. The van der Waals surface area contributed by atoms with Gasteiger partial charge in [0.05, 0.1) is 5.69 Å². The Hall–Kier alpha value is -0.500. The lowest BCUT2D eigenvalue weighted by Gasteiger charge is -2.35. The first-order chi connectivity index (χ1) is 6.71. The minimum Gasteiger partial charge on any atom is -0.383 e. The van der Waals surface area contributed by atoms with Crippen LogP contribution in [-0.4, -0.2) is 27.9 Å². The summed E-state index contributed by atoms with van der Waals surface area (Å²) in [4.78, 5) is 4.22. The number of hydrogen-bond donors (Lipinski definition) is 1. The summed E-state index contributed by atoms with van der Waals surface area (Å²) in [6.45, 7) is 1.80. The van der Waals surface area contributed by atoms with Crippen LogP contribution in [0.5, 0.6) is 0 Å². The van der Waals surface area contributed by atoms with Crippen molar-refractivity contribution in [3.05, 3.63) is 30.1 Å². The lowest BCUT2D eigenvalue weighted by molar-refractivity contribution is -0.0121. The molecule has 1 aliphatic rings. The van der Waals surface area contributed by atoms with E-state index in [1.54, 1.807) is 6.20 Å². The average molecular weight is 210 g/mol. The monoisotopic (exact) mass is 210 g/mol. The highest BCUT2D eigenvalue weighted by molar-refractivity contribution is 7.13. The van der Waals surface area contributed by atoms with E-state index in [0.717, 1.165) is 31.6 Å². The molecule has 3 nitrogen and oxygen atoms in total. The molecule has 0 amide bonds. The van der Waals surface area contributed by atoms with Gasteiger partial charge in [-0.1, -0.05) is 15.5 Å². The minimum absolute atomic E-state index is 0.714. The minimum atomic E-state index is -0.714. The molecule has 0 radical (unpaired) electrons. The van der Waals surface area contributed by atoms with Crippen LogP contribution in [0.15, 0.2) is 24.4 Å². The van der Waals surface area contributed by atoms with Gasteiger partial charge in [0.25, 0.3) is 0 Å². The van der Waals surface area contributed by atoms with Crippen molar-refractivity contribution >= 4 is 9.39 Å². The maximum Gasteiger partial charge on any atom is 0.109 e. The molecule has 1 saturated heterocycles. The summed E-state index contributed by atoms with van der Waals surface area (Å²) in [7, 11) is 2.67. The zero-order chi connectivity index (χ0) is 10.0. The molecule has 14 heavy (non-hydrogen) atoms. The van der Waals surface area contributed by atoms with Gasteiger partial charge < -0.3 is 5.11 Å². The second-order valence-corrected chi connectivity index (χ2v) is 4.51. The molecule has 76 valence electrons. The van der Waals surface area contributed by atoms with Crippen LogP contribution in [-0.2, 0) is 5.60 Å². The quantitative estimate of drug-likeness (QED) is 0.706. The molecular formula is C10H15N2OP. The van der Waals surface area contributed by atoms with Crippen LogP contribution in [0.3, 0.4) is 0 Å². The van der Waals surface area contributed by atoms with Crippen molar-refractivity contribution in [2.75, 3.05) is 13.1 Å². The van der Waals surface area contributed by atoms with Crippen LogP contribution in [0.1, 0.15) is 18.5 Å². The molecule has 0 aromatic carbocycles. The summed E-state index contributed by atoms with van der Waals surface area (Å²) in [5.74, 6) is 0. The van der Waals surface area contributed by atoms with Gasteiger partial charge >= 0.3 is 0 Å². The molecule has 1 aliphatic heterocycles. The van der Waals surface area contributed by atoms with Gasteiger partial charge in [0, 0.05) is 19.3 Å². The number of pyridine rings is 1. The van der Waals surface area contributed by atoms with E-state index < -0.39 is 5.60 Å². The van der Waals surface area contributed by atoms with Crippen LogP contribution < -0.4 is 0 Å². The van der Waals surface area contributed by atoms with Gasteiger partial charge in [0.15, 0.2) is 0 Å². The predicted molar refractivity (Wildman–Crippen MR) is 58.7 cm³/mol. The highest BCUT2D eigenvalue weighted by Gasteiger charge is 2.33. The highest BCUT2D eigenvalue weighted by atomic mass is 31.0. The zero-order valence-corrected chi connectivity index (χ0v) is 9.21. The number of rotatable bonds is 1. The summed E-state index contributed by atoms with van der Waals surface area (Å²) >= 11 is 0. The second kappa shape index (κ2) is 3.93. The van der Waals surface area contributed by atoms with Crippen LogP contribution >= 0.6 is 9.39 Å². The molecule has 1 aromatic rings. The van der Waals surface area contributed by atoms with E-state index in [0.29, 0.717) is 0 Å². The lowest BCUT2D eigenvalue weighted by atomic mass is 9.89. The van der Waals surface area contributed by atoms with E-state index in [1.807, 2.05) is 18.2 Å². The third-order valence-corrected chi connectivity index (χ3v) is 3.28. The van der Waals surface area contributed by atoms with Crippen molar-refractivity contribution in [2.24, 2.45) is 0 Å². The first-order valence-electron chi connectivity index (χ1n) is 4.84. The van der Waals surface area contributed by atoms with E-state index >= 15 is 0 Å². The van der Waals surface area contributed by atoms with Crippen molar-refractivity contribution in [3.8, 4) is 0 Å². The largest absolute Gasteiger partial charge is 0.383 e. The number of hydrogen-bond acceptors (Lipinski definition) is 3. The normalized spacial score (nSPS) is 22.1. The van der Waals surface area contributed by atoms with Crippen LogP contribution in [0.25, 0.3) is 0 Å². The number of aliphatic hydroxyl groups is 1. The summed E-state index contributed by atoms with van der Waals surface area (Å²) in [6.07, 6.45) is 3.25. The Kier molecular flexibility index (Phi) is 2.82. The summed E-state index contributed by atoms with van der Waals surface area (Å²) in [5.41, 5.74) is 0.0898.